The molecule has 98 valence electrons. The first-order chi connectivity index (χ1) is 9.07. The van der Waals surface area contributed by atoms with E-state index in [0.29, 0.717) is 0 Å². The number of halogens is 3. The third kappa shape index (κ3) is 3.71. The number of alkyl halides is 3. The van der Waals surface area contributed by atoms with Crippen LogP contribution in [0.5, 0.6) is 0 Å². The number of hydrogen-bond acceptors (Lipinski definition) is 0. The monoisotopic (exact) mass is 262 g/mol. The Balaban J connectivity index is 2.28. The molecule has 0 aliphatic carbocycles. The maximum atomic E-state index is 13.1. The average molecular weight is 262 g/mol. The zero-order valence-electron chi connectivity index (χ0n) is 10.1. The topological polar surface area (TPSA) is 0 Å². The summed E-state index contributed by atoms with van der Waals surface area (Å²) in [5.41, 5.74) is 1.01. The molecule has 2 aromatic rings. The fourth-order valence-corrected chi connectivity index (χ4v) is 1.84. The van der Waals surface area contributed by atoms with Crippen molar-refractivity contribution < 1.29 is 13.2 Å². The van der Waals surface area contributed by atoms with Gasteiger partial charge in [-0.05, 0) is 11.1 Å². The first-order valence-electron chi connectivity index (χ1n) is 5.92. The fourth-order valence-electron chi connectivity index (χ4n) is 1.84. The van der Waals surface area contributed by atoms with Gasteiger partial charge in [0.1, 0.15) is 0 Å². The molecule has 1 atom stereocenters. The standard InChI is InChI=1S/C16H13F3/c17-16(18,19)15(14-9-5-2-6-10-14)12-11-13-7-3-1-4-8-13/h1-12,15H/b12-11+/t15-/m0/s1. The molecule has 0 saturated carbocycles. The summed E-state index contributed by atoms with van der Waals surface area (Å²) in [7, 11) is 0. The minimum Gasteiger partial charge on any atom is -0.170 e. The third-order valence-corrected chi connectivity index (χ3v) is 2.79. The minimum atomic E-state index is -4.29. The van der Waals surface area contributed by atoms with Crippen LogP contribution in [0.3, 0.4) is 0 Å². The molecule has 0 heterocycles. The van der Waals surface area contributed by atoms with Crippen LogP contribution in [0.4, 0.5) is 13.2 Å². The molecule has 0 aliphatic rings. The van der Waals surface area contributed by atoms with Gasteiger partial charge in [0.05, 0.1) is 5.92 Å². The van der Waals surface area contributed by atoms with Gasteiger partial charge in [-0.3, -0.25) is 0 Å². The lowest BCUT2D eigenvalue weighted by Gasteiger charge is -2.17. The first-order valence-corrected chi connectivity index (χ1v) is 5.92. The van der Waals surface area contributed by atoms with Crippen LogP contribution in [-0.4, -0.2) is 6.18 Å². The van der Waals surface area contributed by atoms with Crippen LogP contribution in [0.2, 0.25) is 0 Å². The van der Waals surface area contributed by atoms with Crippen LogP contribution in [0, 0.1) is 0 Å². The van der Waals surface area contributed by atoms with E-state index in [1.165, 1.54) is 24.3 Å². The summed E-state index contributed by atoms with van der Waals surface area (Å²) >= 11 is 0. The maximum Gasteiger partial charge on any atom is 0.399 e. The van der Waals surface area contributed by atoms with E-state index in [-0.39, 0.29) is 5.56 Å². The largest absolute Gasteiger partial charge is 0.399 e. The summed E-state index contributed by atoms with van der Waals surface area (Å²) in [5, 5.41) is 0. The van der Waals surface area contributed by atoms with Crippen molar-refractivity contribution in [1.29, 1.82) is 0 Å². The fraction of sp³-hybridized carbons (Fsp3) is 0.125. The molecule has 0 spiro atoms. The Labute approximate surface area is 110 Å². The molecule has 0 saturated heterocycles. The molecule has 19 heavy (non-hydrogen) atoms. The van der Waals surface area contributed by atoms with Crippen LogP contribution >= 0.6 is 0 Å². The van der Waals surface area contributed by atoms with Crippen LogP contribution in [-0.2, 0) is 0 Å². The third-order valence-electron chi connectivity index (χ3n) is 2.79. The lowest BCUT2D eigenvalue weighted by Crippen LogP contribution is -2.18. The highest BCUT2D eigenvalue weighted by atomic mass is 19.4. The quantitative estimate of drug-likeness (QED) is 0.726. The Hall–Kier alpha value is -2.03. The summed E-state index contributed by atoms with van der Waals surface area (Å²) in [6.45, 7) is 0. The second-order valence-electron chi connectivity index (χ2n) is 4.20. The molecule has 0 unspecified atom stereocenters. The minimum absolute atomic E-state index is 0.252. The molecule has 0 N–H and O–H groups in total. The van der Waals surface area contributed by atoms with Crippen molar-refractivity contribution >= 4 is 6.08 Å². The Morgan fingerprint density at radius 3 is 1.84 bits per heavy atom. The molecule has 2 rings (SSSR count). The lowest BCUT2D eigenvalue weighted by atomic mass is 9.97. The van der Waals surface area contributed by atoms with Gasteiger partial charge in [-0.1, -0.05) is 72.8 Å². The van der Waals surface area contributed by atoms with Crippen molar-refractivity contribution in [2.75, 3.05) is 0 Å². The number of hydrogen-bond donors (Lipinski definition) is 0. The Bertz CT molecular complexity index is 527. The van der Waals surface area contributed by atoms with Crippen molar-refractivity contribution in [3.63, 3.8) is 0 Å². The molecule has 0 bridgehead atoms. The summed E-state index contributed by atoms with van der Waals surface area (Å²) in [6.07, 6.45) is -1.58. The number of allylic oxidation sites excluding steroid dienone is 1. The van der Waals surface area contributed by atoms with Gasteiger partial charge in [0.25, 0.3) is 0 Å². The van der Waals surface area contributed by atoms with E-state index in [9.17, 15) is 13.2 Å². The predicted molar refractivity (Wildman–Crippen MR) is 70.7 cm³/mol. The van der Waals surface area contributed by atoms with Crippen LogP contribution in [0.25, 0.3) is 6.08 Å². The van der Waals surface area contributed by atoms with Crippen molar-refractivity contribution in [2.45, 2.75) is 12.1 Å². The molecule has 0 nitrogen and oxygen atoms in total. The Morgan fingerprint density at radius 1 is 0.789 bits per heavy atom. The van der Waals surface area contributed by atoms with E-state index < -0.39 is 12.1 Å². The molecule has 0 aromatic heterocycles. The van der Waals surface area contributed by atoms with Crippen molar-refractivity contribution in [3.05, 3.63) is 77.9 Å². The van der Waals surface area contributed by atoms with Gasteiger partial charge in [-0.2, -0.15) is 13.2 Å². The van der Waals surface area contributed by atoms with E-state index in [2.05, 4.69) is 0 Å². The van der Waals surface area contributed by atoms with E-state index in [0.717, 1.165) is 5.56 Å². The number of benzene rings is 2. The normalized spacial score (nSPS) is 13.6. The SMILES string of the molecule is FC(F)(F)[C@@H](/C=C/c1ccccc1)c1ccccc1. The zero-order chi connectivity index (χ0) is 13.7. The van der Waals surface area contributed by atoms with Gasteiger partial charge in [0, 0.05) is 0 Å². The summed E-state index contributed by atoms with van der Waals surface area (Å²) < 4.78 is 39.2. The lowest BCUT2D eigenvalue weighted by molar-refractivity contribution is -0.139. The van der Waals surface area contributed by atoms with Crippen molar-refractivity contribution in [2.24, 2.45) is 0 Å². The average Bonchev–Trinajstić information content (AvgIpc) is 2.40. The summed E-state index contributed by atoms with van der Waals surface area (Å²) in [6, 6.07) is 16.9. The molecule has 2 aromatic carbocycles. The highest BCUT2D eigenvalue weighted by molar-refractivity contribution is 5.50. The second-order valence-corrected chi connectivity index (χ2v) is 4.20. The van der Waals surface area contributed by atoms with Gasteiger partial charge in [-0.25, -0.2) is 0 Å². The van der Waals surface area contributed by atoms with Crippen LogP contribution in [0.15, 0.2) is 66.7 Å². The maximum absolute atomic E-state index is 13.1. The molecule has 0 aliphatic heterocycles. The molecule has 0 fully saturated rings. The van der Waals surface area contributed by atoms with Gasteiger partial charge < -0.3 is 0 Å². The summed E-state index contributed by atoms with van der Waals surface area (Å²) in [4.78, 5) is 0. The Morgan fingerprint density at radius 2 is 1.32 bits per heavy atom. The van der Waals surface area contributed by atoms with Gasteiger partial charge in [0.15, 0.2) is 0 Å². The smallest absolute Gasteiger partial charge is 0.170 e. The molecular weight excluding hydrogens is 249 g/mol. The van der Waals surface area contributed by atoms with E-state index in [4.69, 9.17) is 0 Å². The first kappa shape index (κ1) is 13.4. The van der Waals surface area contributed by atoms with Gasteiger partial charge in [0.2, 0.25) is 0 Å². The van der Waals surface area contributed by atoms with E-state index in [1.54, 1.807) is 42.5 Å². The predicted octanol–water partition coefficient (Wildman–Crippen LogP) is 5.05. The van der Waals surface area contributed by atoms with E-state index >= 15 is 0 Å². The van der Waals surface area contributed by atoms with Crippen LogP contribution < -0.4 is 0 Å². The van der Waals surface area contributed by atoms with Gasteiger partial charge in [-0.15, -0.1) is 0 Å². The molecule has 0 radical (unpaired) electrons. The van der Waals surface area contributed by atoms with Crippen molar-refractivity contribution in [3.8, 4) is 0 Å². The highest BCUT2D eigenvalue weighted by Crippen LogP contribution is 2.36. The summed E-state index contributed by atoms with van der Waals surface area (Å²) in [5.74, 6) is -1.58. The van der Waals surface area contributed by atoms with E-state index in [1.807, 2.05) is 6.07 Å². The van der Waals surface area contributed by atoms with Gasteiger partial charge >= 0.3 is 6.18 Å². The number of rotatable bonds is 3. The molecule has 0 amide bonds. The Kier molecular flexibility index (Phi) is 4.05. The zero-order valence-corrected chi connectivity index (χ0v) is 10.1. The van der Waals surface area contributed by atoms with Crippen molar-refractivity contribution in [1.82, 2.24) is 0 Å². The highest BCUT2D eigenvalue weighted by Gasteiger charge is 2.38. The van der Waals surface area contributed by atoms with Crippen LogP contribution in [0.1, 0.15) is 17.0 Å². The molecular formula is C16H13F3. The molecule has 3 heteroatoms. The second kappa shape index (κ2) is 5.74.